The number of sulfonamides is 1. The maximum absolute atomic E-state index is 13.8. The molecule has 1 heterocycles. The summed E-state index contributed by atoms with van der Waals surface area (Å²) in [6.07, 6.45) is 0. The average Bonchev–Trinajstić information content (AvgIpc) is 2.85. The Bertz CT molecular complexity index is 726. The van der Waals surface area contributed by atoms with Crippen LogP contribution in [-0.2, 0) is 23.1 Å². The summed E-state index contributed by atoms with van der Waals surface area (Å²) >= 11 is 1.51. The van der Waals surface area contributed by atoms with Crippen molar-refractivity contribution in [2.24, 2.45) is 0 Å². The molecule has 0 radical (unpaired) electrons. The Labute approximate surface area is 128 Å². The van der Waals surface area contributed by atoms with E-state index in [-0.39, 0.29) is 11.4 Å². The van der Waals surface area contributed by atoms with Crippen molar-refractivity contribution in [3.63, 3.8) is 0 Å². The van der Waals surface area contributed by atoms with Crippen LogP contribution in [0.25, 0.3) is 0 Å². The Balaban J connectivity index is 2.20. The number of halogens is 1. The number of hydrogen-bond acceptors (Lipinski definition) is 4. The van der Waals surface area contributed by atoms with E-state index in [9.17, 15) is 12.8 Å². The van der Waals surface area contributed by atoms with E-state index in [1.165, 1.54) is 23.5 Å². The third-order valence-corrected chi connectivity index (χ3v) is 5.32. The predicted molar refractivity (Wildman–Crippen MR) is 82.2 cm³/mol. The molecule has 114 valence electrons. The van der Waals surface area contributed by atoms with Crippen LogP contribution in [0.15, 0.2) is 35.2 Å². The SMILES string of the molecule is CNCc1ccc(F)c(S(=O)(=O)NCc2ccc(C)s2)c1. The van der Waals surface area contributed by atoms with Crippen molar-refractivity contribution in [1.29, 1.82) is 0 Å². The van der Waals surface area contributed by atoms with Gasteiger partial charge in [0.15, 0.2) is 0 Å². The maximum atomic E-state index is 13.8. The topological polar surface area (TPSA) is 58.2 Å². The highest BCUT2D eigenvalue weighted by Gasteiger charge is 2.19. The standard InChI is InChI=1S/C14H17FN2O2S2/c1-10-3-5-12(20-10)9-17-21(18,19)14-7-11(8-16-2)4-6-13(14)15/h3-7,16-17H,8-9H2,1-2H3. The first kappa shape index (κ1) is 16.1. The molecular weight excluding hydrogens is 311 g/mol. The fraction of sp³-hybridized carbons (Fsp3) is 0.286. The molecule has 0 spiro atoms. The van der Waals surface area contributed by atoms with Crippen LogP contribution in [0.4, 0.5) is 4.39 Å². The molecule has 0 aliphatic carbocycles. The minimum Gasteiger partial charge on any atom is -0.316 e. The predicted octanol–water partition coefficient (Wildman–Crippen LogP) is 2.39. The molecule has 0 aliphatic heterocycles. The highest BCUT2D eigenvalue weighted by atomic mass is 32.2. The summed E-state index contributed by atoms with van der Waals surface area (Å²) in [5, 5.41) is 2.91. The zero-order valence-electron chi connectivity index (χ0n) is 11.8. The highest BCUT2D eigenvalue weighted by Crippen LogP contribution is 2.19. The van der Waals surface area contributed by atoms with Gasteiger partial charge < -0.3 is 5.32 Å². The minimum absolute atomic E-state index is 0.163. The molecule has 0 atom stereocenters. The normalized spacial score (nSPS) is 11.8. The Morgan fingerprint density at radius 1 is 1.19 bits per heavy atom. The fourth-order valence-corrected chi connectivity index (χ4v) is 3.95. The Morgan fingerprint density at radius 3 is 2.57 bits per heavy atom. The molecule has 21 heavy (non-hydrogen) atoms. The van der Waals surface area contributed by atoms with Crippen LogP contribution in [0.3, 0.4) is 0 Å². The van der Waals surface area contributed by atoms with Gasteiger partial charge in [-0.25, -0.2) is 17.5 Å². The second-order valence-electron chi connectivity index (χ2n) is 4.63. The molecule has 7 heteroatoms. The molecular formula is C14H17FN2O2S2. The summed E-state index contributed by atoms with van der Waals surface area (Å²) < 4.78 is 40.7. The Morgan fingerprint density at radius 2 is 1.95 bits per heavy atom. The summed E-state index contributed by atoms with van der Waals surface area (Å²) in [4.78, 5) is 1.68. The van der Waals surface area contributed by atoms with Gasteiger partial charge in [-0.3, -0.25) is 0 Å². The third kappa shape index (κ3) is 4.10. The first-order chi connectivity index (χ1) is 9.92. The van der Waals surface area contributed by atoms with Crippen molar-refractivity contribution >= 4 is 21.4 Å². The Kier molecular flexibility index (Phi) is 5.10. The molecule has 2 rings (SSSR count). The van der Waals surface area contributed by atoms with Crippen LogP contribution in [0, 0.1) is 12.7 Å². The van der Waals surface area contributed by atoms with Crippen molar-refractivity contribution in [2.75, 3.05) is 7.05 Å². The van der Waals surface area contributed by atoms with Crippen LogP contribution in [0.1, 0.15) is 15.3 Å². The minimum atomic E-state index is -3.87. The molecule has 4 nitrogen and oxygen atoms in total. The van der Waals surface area contributed by atoms with Crippen LogP contribution < -0.4 is 10.0 Å². The molecule has 2 aromatic rings. The smallest absolute Gasteiger partial charge is 0.243 e. The molecule has 0 aliphatic rings. The van der Waals surface area contributed by atoms with Crippen LogP contribution in [0.2, 0.25) is 0 Å². The fourth-order valence-electron chi connectivity index (χ4n) is 1.89. The summed E-state index contributed by atoms with van der Waals surface area (Å²) in [7, 11) is -2.12. The average molecular weight is 328 g/mol. The summed E-state index contributed by atoms with van der Waals surface area (Å²) in [6, 6.07) is 7.87. The van der Waals surface area contributed by atoms with Crippen molar-refractivity contribution in [3.8, 4) is 0 Å². The Hall–Kier alpha value is -1.28. The second-order valence-corrected chi connectivity index (χ2v) is 7.74. The van der Waals surface area contributed by atoms with Crippen LogP contribution in [0.5, 0.6) is 0 Å². The molecule has 0 saturated carbocycles. The van der Waals surface area contributed by atoms with E-state index in [4.69, 9.17) is 0 Å². The van der Waals surface area contributed by atoms with Gasteiger partial charge in [0.05, 0.1) is 0 Å². The van der Waals surface area contributed by atoms with Gasteiger partial charge in [-0.2, -0.15) is 0 Å². The summed E-state index contributed by atoms with van der Waals surface area (Å²) in [6.45, 7) is 2.59. The van der Waals surface area contributed by atoms with Gasteiger partial charge in [0.25, 0.3) is 0 Å². The number of benzene rings is 1. The van der Waals surface area contributed by atoms with Crippen molar-refractivity contribution in [3.05, 3.63) is 51.5 Å². The lowest BCUT2D eigenvalue weighted by Gasteiger charge is -2.09. The van der Waals surface area contributed by atoms with Crippen LogP contribution in [-0.4, -0.2) is 15.5 Å². The van der Waals surface area contributed by atoms with E-state index in [0.29, 0.717) is 12.1 Å². The lowest BCUT2D eigenvalue weighted by Crippen LogP contribution is -2.24. The second kappa shape index (κ2) is 6.65. The molecule has 1 aromatic carbocycles. The van der Waals surface area contributed by atoms with Crippen molar-refractivity contribution in [2.45, 2.75) is 24.9 Å². The highest BCUT2D eigenvalue weighted by molar-refractivity contribution is 7.89. The molecule has 0 amide bonds. The van der Waals surface area contributed by atoms with Crippen LogP contribution >= 0.6 is 11.3 Å². The quantitative estimate of drug-likeness (QED) is 0.856. The van der Waals surface area contributed by atoms with Gasteiger partial charge in [-0.15, -0.1) is 11.3 Å². The molecule has 0 saturated heterocycles. The summed E-state index contributed by atoms with van der Waals surface area (Å²) in [5.74, 6) is -0.746. The first-order valence-electron chi connectivity index (χ1n) is 6.40. The molecule has 0 bridgehead atoms. The van der Waals surface area contributed by atoms with E-state index >= 15 is 0 Å². The largest absolute Gasteiger partial charge is 0.316 e. The van der Waals surface area contributed by atoms with E-state index in [1.54, 1.807) is 13.1 Å². The van der Waals surface area contributed by atoms with Gasteiger partial charge in [0.1, 0.15) is 10.7 Å². The van der Waals surface area contributed by atoms with Gasteiger partial charge in [0, 0.05) is 22.8 Å². The molecule has 0 unspecified atom stereocenters. The lowest BCUT2D eigenvalue weighted by molar-refractivity contribution is 0.556. The lowest BCUT2D eigenvalue weighted by atomic mass is 10.2. The van der Waals surface area contributed by atoms with Gasteiger partial charge in [-0.1, -0.05) is 6.07 Å². The molecule has 1 aromatic heterocycles. The van der Waals surface area contributed by atoms with E-state index in [1.807, 2.05) is 19.1 Å². The van der Waals surface area contributed by atoms with E-state index in [0.717, 1.165) is 9.75 Å². The van der Waals surface area contributed by atoms with Crippen molar-refractivity contribution in [1.82, 2.24) is 10.0 Å². The number of thiophene rings is 1. The molecule has 0 fully saturated rings. The van der Waals surface area contributed by atoms with Gasteiger partial charge in [-0.05, 0) is 43.8 Å². The number of rotatable bonds is 6. The van der Waals surface area contributed by atoms with E-state index in [2.05, 4.69) is 10.0 Å². The van der Waals surface area contributed by atoms with Gasteiger partial charge >= 0.3 is 0 Å². The van der Waals surface area contributed by atoms with E-state index < -0.39 is 15.8 Å². The van der Waals surface area contributed by atoms with Crippen molar-refractivity contribution < 1.29 is 12.8 Å². The number of aryl methyl sites for hydroxylation is 1. The number of hydrogen-bond donors (Lipinski definition) is 2. The zero-order chi connectivity index (χ0) is 15.5. The van der Waals surface area contributed by atoms with Gasteiger partial charge in [0.2, 0.25) is 10.0 Å². The maximum Gasteiger partial charge on any atom is 0.243 e. The zero-order valence-corrected chi connectivity index (χ0v) is 13.4. The first-order valence-corrected chi connectivity index (χ1v) is 8.70. The third-order valence-electron chi connectivity index (χ3n) is 2.90. The summed E-state index contributed by atoms with van der Waals surface area (Å²) in [5.41, 5.74) is 0.714. The monoisotopic (exact) mass is 328 g/mol. The molecule has 2 N–H and O–H groups in total. The number of nitrogens with one attached hydrogen (secondary N) is 2.